The van der Waals surface area contributed by atoms with Gasteiger partial charge in [-0.15, -0.1) is 10.2 Å². The monoisotopic (exact) mass is 220 g/mol. The van der Waals surface area contributed by atoms with Crippen LogP contribution in [-0.4, -0.2) is 16.0 Å². The Labute approximate surface area is 70.6 Å². The first-order valence-corrected chi connectivity index (χ1v) is 4.37. The molecule has 0 aliphatic heterocycles. The first-order chi connectivity index (χ1) is 4.74. The van der Waals surface area contributed by atoms with Crippen LogP contribution in [0.2, 0.25) is 0 Å². The molecule has 5 heteroatoms. The Hall–Kier alpha value is -0.290. The lowest BCUT2D eigenvalue weighted by molar-refractivity contribution is 0.0987. The summed E-state index contributed by atoms with van der Waals surface area (Å²) in [7, 11) is 0. The molecule has 0 bridgehead atoms. The van der Waals surface area contributed by atoms with E-state index in [0.29, 0.717) is 15.3 Å². The van der Waals surface area contributed by atoms with Crippen molar-refractivity contribution >= 4 is 33.0 Å². The number of hydrogen-bond acceptors (Lipinski definition) is 4. The van der Waals surface area contributed by atoms with Crippen molar-refractivity contribution in [3.8, 4) is 0 Å². The summed E-state index contributed by atoms with van der Waals surface area (Å²) < 4.78 is 0.657. The van der Waals surface area contributed by atoms with Gasteiger partial charge in [0.25, 0.3) is 0 Å². The van der Waals surface area contributed by atoms with Crippen LogP contribution in [0.5, 0.6) is 0 Å². The maximum atomic E-state index is 10.9. The van der Waals surface area contributed by atoms with Crippen molar-refractivity contribution in [3.63, 3.8) is 0 Å². The van der Waals surface area contributed by atoms with Gasteiger partial charge in [-0.05, 0) is 15.9 Å². The van der Waals surface area contributed by atoms with E-state index in [1.54, 1.807) is 6.92 Å². The highest BCUT2D eigenvalue weighted by Crippen LogP contribution is 2.16. The number of rotatable bonds is 2. The average Bonchev–Trinajstić information content (AvgIpc) is 2.34. The van der Waals surface area contributed by atoms with Crippen LogP contribution in [0.1, 0.15) is 23.1 Å². The Balaban J connectivity index is 2.85. The minimum Gasteiger partial charge on any atom is -0.291 e. The summed E-state index contributed by atoms with van der Waals surface area (Å²) in [6.45, 7) is 1.80. The fourth-order valence-corrected chi connectivity index (χ4v) is 1.59. The molecule has 0 radical (unpaired) electrons. The molecule has 0 spiro atoms. The molecule has 1 aromatic heterocycles. The number of hydrogen-bond donors (Lipinski definition) is 0. The topological polar surface area (TPSA) is 42.9 Å². The molecule has 3 nitrogen and oxygen atoms in total. The lowest BCUT2D eigenvalue weighted by Crippen LogP contribution is -1.94. The average molecular weight is 221 g/mol. The molecule has 1 rings (SSSR count). The van der Waals surface area contributed by atoms with Gasteiger partial charge in [0, 0.05) is 6.42 Å². The van der Waals surface area contributed by atoms with Gasteiger partial charge in [0.1, 0.15) is 0 Å². The first-order valence-electron chi connectivity index (χ1n) is 2.76. The van der Waals surface area contributed by atoms with Crippen molar-refractivity contribution in [1.82, 2.24) is 10.2 Å². The highest BCUT2D eigenvalue weighted by Gasteiger charge is 2.07. The van der Waals surface area contributed by atoms with Gasteiger partial charge in [0.05, 0.1) is 0 Å². The van der Waals surface area contributed by atoms with Crippen molar-refractivity contribution in [1.29, 1.82) is 0 Å². The second kappa shape index (κ2) is 3.21. The van der Waals surface area contributed by atoms with E-state index in [2.05, 4.69) is 26.1 Å². The van der Waals surface area contributed by atoms with E-state index >= 15 is 0 Å². The van der Waals surface area contributed by atoms with Gasteiger partial charge < -0.3 is 0 Å². The largest absolute Gasteiger partial charge is 0.291 e. The summed E-state index contributed by atoms with van der Waals surface area (Å²) in [5.41, 5.74) is 0. The molecule has 0 aliphatic carbocycles. The molecule has 0 aromatic carbocycles. The number of halogens is 1. The molecule has 0 fully saturated rings. The molecule has 0 saturated heterocycles. The van der Waals surface area contributed by atoms with Crippen molar-refractivity contribution < 1.29 is 4.79 Å². The second-order valence-corrected chi connectivity index (χ2v) is 3.89. The zero-order valence-electron chi connectivity index (χ0n) is 5.30. The fourth-order valence-electron chi connectivity index (χ4n) is 0.469. The van der Waals surface area contributed by atoms with Crippen LogP contribution >= 0.6 is 27.3 Å². The quantitative estimate of drug-likeness (QED) is 0.716. The van der Waals surface area contributed by atoms with Crippen LogP contribution in [0.4, 0.5) is 0 Å². The van der Waals surface area contributed by atoms with Crippen LogP contribution < -0.4 is 0 Å². The third-order valence-electron chi connectivity index (χ3n) is 0.960. The molecule has 0 amide bonds. The number of carbonyl (C=O) groups excluding carboxylic acids is 1. The van der Waals surface area contributed by atoms with Crippen LogP contribution in [0.3, 0.4) is 0 Å². The van der Waals surface area contributed by atoms with Gasteiger partial charge in [0.2, 0.25) is 0 Å². The van der Waals surface area contributed by atoms with Crippen LogP contribution in [0.25, 0.3) is 0 Å². The van der Waals surface area contributed by atoms with Crippen molar-refractivity contribution in [3.05, 3.63) is 8.92 Å². The molecule has 0 aliphatic rings. The molecular weight excluding hydrogens is 216 g/mol. The Morgan fingerprint density at radius 2 is 2.40 bits per heavy atom. The third kappa shape index (κ3) is 1.60. The molecule has 10 heavy (non-hydrogen) atoms. The molecule has 0 N–H and O–H groups in total. The van der Waals surface area contributed by atoms with E-state index in [9.17, 15) is 4.79 Å². The van der Waals surface area contributed by atoms with Gasteiger partial charge in [-0.25, -0.2) is 0 Å². The van der Waals surface area contributed by atoms with Gasteiger partial charge in [0.15, 0.2) is 14.7 Å². The minimum atomic E-state index is 0.0446. The summed E-state index contributed by atoms with van der Waals surface area (Å²) in [6.07, 6.45) is 0.488. The molecule has 0 unspecified atom stereocenters. The molecule has 0 saturated carbocycles. The smallest absolute Gasteiger partial charge is 0.193 e. The second-order valence-electron chi connectivity index (χ2n) is 1.64. The lowest BCUT2D eigenvalue weighted by Gasteiger charge is -1.83. The zero-order valence-corrected chi connectivity index (χ0v) is 7.70. The predicted molar refractivity (Wildman–Crippen MR) is 42.2 cm³/mol. The normalized spacial score (nSPS) is 9.80. The van der Waals surface area contributed by atoms with Crippen molar-refractivity contribution in [2.75, 3.05) is 0 Å². The predicted octanol–water partition coefficient (Wildman–Crippen LogP) is 1.89. The van der Waals surface area contributed by atoms with Gasteiger partial charge in [-0.2, -0.15) is 0 Å². The summed E-state index contributed by atoms with van der Waals surface area (Å²) in [4.78, 5) is 10.9. The molecular formula is C5H5BrN2OS. The number of ketones is 1. The highest BCUT2D eigenvalue weighted by molar-refractivity contribution is 9.11. The zero-order chi connectivity index (χ0) is 7.56. The van der Waals surface area contributed by atoms with Crippen LogP contribution in [0.15, 0.2) is 3.92 Å². The van der Waals surface area contributed by atoms with E-state index in [1.165, 1.54) is 11.3 Å². The van der Waals surface area contributed by atoms with Crippen LogP contribution in [0, 0.1) is 0 Å². The molecule has 1 heterocycles. The summed E-state index contributed by atoms with van der Waals surface area (Å²) in [5, 5.41) is 7.79. The van der Waals surface area contributed by atoms with E-state index in [1.807, 2.05) is 0 Å². The maximum Gasteiger partial charge on any atom is 0.193 e. The van der Waals surface area contributed by atoms with Gasteiger partial charge in [-0.1, -0.05) is 18.3 Å². The number of aromatic nitrogens is 2. The summed E-state index contributed by atoms with van der Waals surface area (Å²) >= 11 is 4.39. The van der Waals surface area contributed by atoms with E-state index in [4.69, 9.17) is 0 Å². The van der Waals surface area contributed by atoms with Gasteiger partial charge >= 0.3 is 0 Å². The Morgan fingerprint density at radius 1 is 1.70 bits per heavy atom. The standard InChI is InChI=1S/C5H5BrN2OS/c1-2-3(9)4-7-8-5(6)10-4/h2H2,1H3. The van der Waals surface area contributed by atoms with Crippen LogP contribution in [-0.2, 0) is 0 Å². The van der Waals surface area contributed by atoms with E-state index in [-0.39, 0.29) is 5.78 Å². The SMILES string of the molecule is CCC(=O)c1nnc(Br)s1. The number of Topliss-reactive ketones (excluding diaryl/α,β-unsaturated/α-hetero) is 1. The highest BCUT2D eigenvalue weighted by atomic mass is 79.9. The third-order valence-corrected chi connectivity index (χ3v) is 2.36. The fraction of sp³-hybridized carbons (Fsp3) is 0.400. The maximum absolute atomic E-state index is 10.9. The van der Waals surface area contributed by atoms with Crippen molar-refractivity contribution in [2.24, 2.45) is 0 Å². The minimum absolute atomic E-state index is 0.0446. The number of nitrogens with zero attached hydrogens (tertiary/aromatic N) is 2. The Bertz CT molecular complexity index is 248. The van der Waals surface area contributed by atoms with E-state index < -0.39 is 0 Å². The summed E-state index contributed by atoms with van der Waals surface area (Å²) in [6, 6.07) is 0. The first kappa shape index (κ1) is 7.81. The molecule has 54 valence electrons. The Morgan fingerprint density at radius 3 is 2.80 bits per heavy atom. The lowest BCUT2D eigenvalue weighted by atomic mass is 10.3. The van der Waals surface area contributed by atoms with Crippen molar-refractivity contribution in [2.45, 2.75) is 13.3 Å². The van der Waals surface area contributed by atoms with E-state index in [0.717, 1.165) is 0 Å². The van der Waals surface area contributed by atoms with Gasteiger partial charge in [-0.3, -0.25) is 4.79 Å². The number of carbonyl (C=O) groups is 1. The summed E-state index contributed by atoms with van der Waals surface area (Å²) in [5.74, 6) is 0.0446. The molecule has 1 aromatic rings. The Kier molecular flexibility index (Phi) is 2.50. The molecule has 0 atom stereocenters.